The Morgan fingerprint density at radius 1 is 1.20 bits per heavy atom. The Balaban J connectivity index is 2.19. The van der Waals surface area contributed by atoms with E-state index in [0.717, 1.165) is 0 Å². The number of rotatable bonds is 5. The Kier molecular flexibility index (Phi) is 4.74. The minimum absolute atomic E-state index is 0.0541. The van der Waals surface area contributed by atoms with Crippen LogP contribution >= 0.6 is 11.6 Å². The number of pyridine rings is 1. The highest BCUT2D eigenvalue weighted by Crippen LogP contribution is 2.21. The van der Waals surface area contributed by atoms with Gasteiger partial charge in [-0.25, -0.2) is 0 Å². The fraction of sp³-hybridized carbons (Fsp3) is 0.250. The van der Waals surface area contributed by atoms with Gasteiger partial charge in [-0.2, -0.15) is 0 Å². The topological polar surface area (TPSA) is 39.2 Å². The number of hydrogen-bond donors (Lipinski definition) is 0. The van der Waals surface area contributed by atoms with Gasteiger partial charge in [-0.3, -0.25) is 9.78 Å². The summed E-state index contributed by atoms with van der Waals surface area (Å²) < 4.78 is 5.81. The molecule has 0 fully saturated rings. The molecule has 3 nitrogen and oxygen atoms in total. The van der Waals surface area contributed by atoms with Crippen molar-refractivity contribution in [1.82, 2.24) is 4.98 Å². The number of ether oxygens (including phenoxy) is 1. The van der Waals surface area contributed by atoms with Gasteiger partial charge >= 0.3 is 0 Å². The van der Waals surface area contributed by atoms with Gasteiger partial charge < -0.3 is 4.74 Å². The summed E-state index contributed by atoms with van der Waals surface area (Å²) in [6.45, 7) is 3.91. The lowest BCUT2D eigenvalue weighted by Crippen LogP contribution is -2.32. The van der Waals surface area contributed by atoms with E-state index in [1.807, 2.05) is 13.8 Å². The molecule has 1 unspecified atom stereocenters. The van der Waals surface area contributed by atoms with Gasteiger partial charge in [0.2, 0.25) is 5.78 Å². The summed E-state index contributed by atoms with van der Waals surface area (Å²) in [5.41, 5.74) is 0.556. The zero-order valence-corrected chi connectivity index (χ0v) is 12.2. The largest absolute Gasteiger partial charge is 0.482 e. The van der Waals surface area contributed by atoms with Crippen LogP contribution in [-0.4, -0.2) is 16.9 Å². The van der Waals surface area contributed by atoms with E-state index in [9.17, 15) is 4.79 Å². The third-order valence-corrected chi connectivity index (χ3v) is 3.14. The third kappa shape index (κ3) is 3.58. The van der Waals surface area contributed by atoms with Crippen LogP contribution in [0, 0.1) is 5.92 Å². The highest BCUT2D eigenvalue weighted by atomic mass is 35.5. The first-order valence-corrected chi connectivity index (χ1v) is 6.82. The first-order valence-electron chi connectivity index (χ1n) is 6.44. The maximum atomic E-state index is 12.5. The zero-order chi connectivity index (χ0) is 14.5. The van der Waals surface area contributed by atoms with E-state index in [2.05, 4.69) is 4.98 Å². The molecule has 0 amide bonds. The number of halogens is 1. The molecule has 0 bridgehead atoms. The van der Waals surface area contributed by atoms with Gasteiger partial charge in [-0.05, 0) is 42.3 Å². The number of carbonyl (C=O) groups is 1. The molecule has 104 valence electrons. The molecular formula is C16H16ClNO2. The summed E-state index contributed by atoms with van der Waals surface area (Å²) in [6.07, 6.45) is 2.66. The van der Waals surface area contributed by atoms with Gasteiger partial charge in [0.05, 0.1) is 0 Å². The summed E-state index contributed by atoms with van der Waals surface area (Å²) >= 11 is 5.84. The second-order valence-corrected chi connectivity index (χ2v) is 5.28. The van der Waals surface area contributed by atoms with Crippen molar-refractivity contribution in [3.05, 3.63) is 59.4 Å². The normalized spacial score (nSPS) is 12.2. The molecule has 0 spiro atoms. The lowest BCUT2D eigenvalue weighted by Gasteiger charge is -2.21. The van der Waals surface area contributed by atoms with Gasteiger partial charge in [0.15, 0.2) is 6.10 Å². The number of benzene rings is 1. The van der Waals surface area contributed by atoms with E-state index in [4.69, 9.17) is 16.3 Å². The summed E-state index contributed by atoms with van der Waals surface area (Å²) in [5.74, 6) is 0.617. The van der Waals surface area contributed by atoms with Crippen LogP contribution in [0.5, 0.6) is 5.75 Å². The lowest BCUT2D eigenvalue weighted by molar-refractivity contribution is 0.0711. The van der Waals surface area contributed by atoms with Crippen molar-refractivity contribution in [1.29, 1.82) is 0 Å². The smallest absolute Gasteiger partial charge is 0.205 e. The van der Waals surface area contributed by atoms with Crippen molar-refractivity contribution < 1.29 is 9.53 Å². The van der Waals surface area contributed by atoms with Crippen LogP contribution in [0.15, 0.2) is 48.8 Å². The number of nitrogens with zero attached hydrogens (tertiary/aromatic N) is 1. The Morgan fingerprint density at radius 3 is 2.45 bits per heavy atom. The minimum Gasteiger partial charge on any atom is -0.482 e. The highest BCUT2D eigenvalue weighted by Gasteiger charge is 2.25. The Morgan fingerprint density at radius 2 is 1.90 bits per heavy atom. The van der Waals surface area contributed by atoms with Gasteiger partial charge in [-0.1, -0.05) is 25.4 Å². The van der Waals surface area contributed by atoms with Crippen molar-refractivity contribution in [2.45, 2.75) is 20.0 Å². The second kappa shape index (κ2) is 6.53. The Bertz CT molecular complexity index is 567. The predicted octanol–water partition coefficient (Wildman–Crippen LogP) is 4.02. The van der Waals surface area contributed by atoms with Crippen molar-refractivity contribution in [2.24, 2.45) is 5.92 Å². The van der Waals surface area contributed by atoms with Crippen LogP contribution in [0.4, 0.5) is 0 Å². The molecule has 1 heterocycles. The molecule has 1 atom stereocenters. The molecule has 0 N–H and O–H groups in total. The fourth-order valence-corrected chi connectivity index (χ4v) is 1.95. The first-order chi connectivity index (χ1) is 9.58. The summed E-state index contributed by atoms with van der Waals surface area (Å²) in [5, 5.41) is 0.636. The number of carbonyl (C=O) groups excluding carboxylic acids is 1. The standard InChI is InChI=1S/C16H16ClNO2/c1-11(2)16(15(19)12-4-3-9-18-10-12)20-14-7-5-13(17)6-8-14/h3-11,16H,1-2H3. The van der Waals surface area contributed by atoms with Crippen molar-refractivity contribution in [3.8, 4) is 5.75 Å². The van der Waals surface area contributed by atoms with Gasteiger partial charge in [0.1, 0.15) is 5.75 Å². The summed E-state index contributed by atoms with van der Waals surface area (Å²) in [4.78, 5) is 16.4. The van der Waals surface area contributed by atoms with Crippen LogP contribution in [0.25, 0.3) is 0 Å². The maximum absolute atomic E-state index is 12.5. The number of aromatic nitrogens is 1. The van der Waals surface area contributed by atoms with Crippen molar-refractivity contribution in [3.63, 3.8) is 0 Å². The van der Waals surface area contributed by atoms with Crippen LogP contribution in [-0.2, 0) is 0 Å². The molecule has 2 rings (SSSR count). The average molecular weight is 290 g/mol. The molecule has 1 aromatic carbocycles. The molecule has 0 aliphatic carbocycles. The molecule has 0 radical (unpaired) electrons. The van der Waals surface area contributed by atoms with E-state index in [1.54, 1.807) is 48.8 Å². The van der Waals surface area contributed by atoms with E-state index >= 15 is 0 Å². The maximum Gasteiger partial charge on any atom is 0.205 e. The molecule has 0 aliphatic heterocycles. The van der Waals surface area contributed by atoms with Crippen molar-refractivity contribution >= 4 is 17.4 Å². The molecular weight excluding hydrogens is 274 g/mol. The Labute approximate surface area is 123 Å². The van der Waals surface area contributed by atoms with Crippen molar-refractivity contribution in [2.75, 3.05) is 0 Å². The Hall–Kier alpha value is -1.87. The summed E-state index contributed by atoms with van der Waals surface area (Å²) in [6, 6.07) is 10.5. The molecule has 0 saturated carbocycles. The van der Waals surface area contributed by atoms with E-state index in [-0.39, 0.29) is 11.7 Å². The summed E-state index contributed by atoms with van der Waals surface area (Å²) in [7, 11) is 0. The third-order valence-electron chi connectivity index (χ3n) is 2.89. The van der Waals surface area contributed by atoms with Gasteiger partial charge in [0.25, 0.3) is 0 Å². The highest BCUT2D eigenvalue weighted by molar-refractivity contribution is 6.30. The lowest BCUT2D eigenvalue weighted by atomic mass is 9.98. The van der Waals surface area contributed by atoms with Gasteiger partial charge in [0, 0.05) is 23.0 Å². The average Bonchev–Trinajstić information content (AvgIpc) is 2.46. The van der Waals surface area contributed by atoms with E-state index in [0.29, 0.717) is 16.3 Å². The van der Waals surface area contributed by atoms with Crippen LogP contribution in [0.1, 0.15) is 24.2 Å². The number of ketones is 1. The molecule has 2 aromatic rings. The second-order valence-electron chi connectivity index (χ2n) is 4.84. The van der Waals surface area contributed by atoms with Crippen LogP contribution < -0.4 is 4.74 Å². The minimum atomic E-state index is -0.541. The number of Topliss-reactive ketones (excluding diaryl/α,β-unsaturated/α-hetero) is 1. The molecule has 0 aliphatic rings. The van der Waals surface area contributed by atoms with Crippen LogP contribution in [0.3, 0.4) is 0 Å². The van der Waals surface area contributed by atoms with E-state index in [1.165, 1.54) is 0 Å². The van der Waals surface area contributed by atoms with E-state index < -0.39 is 6.10 Å². The molecule has 20 heavy (non-hydrogen) atoms. The zero-order valence-electron chi connectivity index (χ0n) is 11.4. The monoisotopic (exact) mass is 289 g/mol. The predicted molar refractivity (Wildman–Crippen MR) is 79.3 cm³/mol. The molecule has 0 saturated heterocycles. The molecule has 4 heteroatoms. The van der Waals surface area contributed by atoms with Gasteiger partial charge in [-0.15, -0.1) is 0 Å². The number of hydrogen-bond acceptors (Lipinski definition) is 3. The quantitative estimate of drug-likeness (QED) is 0.780. The fourth-order valence-electron chi connectivity index (χ4n) is 1.82. The van der Waals surface area contributed by atoms with Crippen LogP contribution in [0.2, 0.25) is 5.02 Å². The SMILES string of the molecule is CC(C)C(Oc1ccc(Cl)cc1)C(=O)c1cccnc1. The molecule has 1 aromatic heterocycles. The first kappa shape index (κ1) is 14.5.